The number of carbonyl (C=O) groups is 1. The van der Waals surface area contributed by atoms with Crippen LogP contribution in [0.25, 0.3) is 0 Å². The highest BCUT2D eigenvalue weighted by Crippen LogP contribution is 2.28. The molecule has 0 amide bonds. The smallest absolute Gasteiger partial charge is 0.317 e. The van der Waals surface area contributed by atoms with Gasteiger partial charge in [-0.2, -0.15) is 0 Å². The second-order valence-corrected chi connectivity index (χ2v) is 5.06. The lowest BCUT2D eigenvalue weighted by Gasteiger charge is -2.17. The summed E-state index contributed by atoms with van der Waals surface area (Å²) in [5.74, 6) is -0.752. The first-order chi connectivity index (χ1) is 7.69. The van der Waals surface area contributed by atoms with E-state index in [1.54, 1.807) is 11.3 Å². The van der Waals surface area contributed by atoms with Crippen LogP contribution in [0.5, 0.6) is 0 Å². The van der Waals surface area contributed by atoms with Crippen LogP contribution in [0.2, 0.25) is 0 Å². The maximum absolute atomic E-state index is 10.7. The van der Waals surface area contributed by atoms with E-state index in [4.69, 9.17) is 5.11 Å². The van der Waals surface area contributed by atoms with E-state index < -0.39 is 5.97 Å². The lowest BCUT2D eigenvalue weighted by Crippen LogP contribution is -2.31. The van der Waals surface area contributed by atoms with Crippen LogP contribution < -0.4 is 0 Å². The van der Waals surface area contributed by atoms with Gasteiger partial charge in [-0.25, -0.2) is 4.98 Å². The van der Waals surface area contributed by atoms with Crippen molar-refractivity contribution in [3.8, 4) is 0 Å². The summed E-state index contributed by atoms with van der Waals surface area (Å²) in [6.07, 6.45) is 3.20. The maximum Gasteiger partial charge on any atom is 0.317 e. The van der Waals surface area contributed by atoms with Crippen molar-refractivity contribution in [3.63, 3.8) is 0 Å². The Balaban J connectivity index is 1.96. The predicted molar refractivity (Wildman–Crippen MR) is 62.6 cm³/mol. The van der Waals surface area contributed by atoms with Gasteiger partial charge in [0.2, 0.25) is 0 Å². The number of aromatic nitrogens is 1. The number of rotatable bonds is 6. The van der Waals surface area contributed by atoms with Gasteiger partial charge in [-0.1, -0.05) is 6.92 Å². The molecule has 1 N–H and O–H groups in total. The summed E-state index contributed by atoms with van der Waals surface area (Å²) in [5, 5.41) is 12.0. The van der Waals surface area contributed by atoms with E-state index in [0.717, 1.165) is 30.0 Å². The monoisotopic (exact) mass is 240 g/mol. The van der Waals surface area contributed by atoms with Crippen LogP contribution in [0.15, 0.2) is 5.38 Å². The minimum Gasteiger partial charge on any atom is -0.480 e. The molecule has 0 bridgehead atoms. The predicted octanol–water partition coefficient (Wildman–Crippen LogP) is 1.75. The minimum absolute atomic E-state index is 0.129. The number of thiazole rings is 1. The highest BCUT2D eigenvalue weighted by atomic mass is 32.1. The first kappa shape index (κ1) is 11.5. The number of aliphatic carboxylic acids is 1. The van der Waals surface area contributed by atoms with Gasteiger partial charge in [0.1, 0.15) is 0 Å². The summed E-state index contributed by atoms with van der Waals surface area (Å²) >= 11 is 1.66. The van der Waals surface area contributed by atoms with Crippen LogP contribution in [-0.2, 0) is 17.8 Å². The van der Waals surface area contributed by atoms with Crippen LogP contribution in [-0.4, -0.2) is 33.5 Å². The summed E-state index contributed by atoms with van der Waals surface area (Å²) in [7, 11) is 0. The van der Waals surface area contributed by atoms with Gasteiger partial charge in [0.25, 0.3) is 0 Å². The Morgan fingerprint density at radius 1 is 1.69 bits per heavy atom. The number of hydrogen-bond donors (Lipinski definition) is 1. The number of carboxylic acids is 1. The Kier molecular flexibility index (Phi) is 3.56. The van der Waals surface area contributed by atoms with Crippen molar-refractivity contribution >= 4 is 17.3 Å². The molecule has 0 unspecified atom stereocenters. The standard InChI is InChI=1S/C11H16N2O2S/c1-2-10-12-8(7-16-10)5-13(6-11(14)15)9-3-4-9/h7,9H,2-6H2,1H3,(H,14,15). The van der Waals surface area contributed by atoms with Crippen molar-refractivity contribution < 1.29 is 9.90 Å². The Morgan fingerprint density at radius 3 is 2.94 bits per heavy atom. The number of carboxylic acid groups (broad SMARTS) is 1. The quantitative estimate of drug-likeness (QED) is 0.823. The largest absolute Gasteiger partial charge is 0.480 e. The van der Waals surface area contributed by atoms with Crippen LogP contribution in [0.1, 0.15) is 30.5 Å². The summed E-state index contributed by atoms with van der Waals surface area (Å²) in [4.78, 5) is 17.2. The van der Waals surface area contributed by atoms with Gasteiger partial charge < -0.3 is 5.11 Å². The SMILES string of the molecule is CCc1nc(CN(CC(=O)O)C2CC2)cs1. The number of hydrogen-bond acceptors (Lipinski definition) is 4. The molecule has 88 valence electrons. The van der Waals surface area contributed by atoms with Crippen LogP contribution >= 0.6 is 11.3 Å². The Morgan fingerprint density at radius 2 is 2.44 bits per heavy atom. The molecule has 0 saturated heterocycles. The molecule has 0 aliphatic heterocycles. The Bertz CT molecular complexity index is 374. The van der Waals surface area contributed by atoms with Crippen molar-refractivity contribution in [3.05, 3.63) is 16.1 Å². The first-order valence-corrected chi connectivity index (χ1v) is 6.46. The van der Waals surface area contributed by atoms with Gasteiger partial charge in [0, 0.05) is 18.0 Å². The van der Waals surface area contributed by atoms with Gasteiger partial charge in [-0.15, -0.1) is 11.3 Å². The van der Waals surface area contributed by atoms with E-state index >= 15 is 0 Å². The molecule has 16 heavy (non-hydrogen) atoms. The highest BCUT2D eigenvalue weighted by Gasteiger charge is 2.30. The van der Waals surface area contributed by atoms with E-state index in [9.17, 15) is 4.79 Å². The van der Waals surface area contributed by atoms with Crippen LogP contribution in [0, 0.1) is 0 Å². The topological polar surface area (TPSA) is 53.4 Å². The molecule has 1 saturated carbocycles. The molecule has 0 spiro atoms. The normalized spacial score (nSPS) is 15.6. The van der Waals surface area contributed by atoms with Crippen LogP contribution in [0.4, 0.5) is 0 Å². The fraction of sp³-hybridized carbons (Fsp3) is 0.636. The Hall–Kier alpha value is -0.940. The lowest BCUT2D eigenvalue weighted by atomic mass is 10.4. The molecular weight excluding hydrogens is 224 g/mol. The first-order valence-electron chi connectivity index (χ1n) is 5.58. The molecular formula is C11H16N2O2S. The molecule has 2 rings (SSSR count). The summed E-state index contributed by atoms with van der Waals surface area (Å²) in [6.45, 7) is 2.88. The third-order valence-corrected chi connectivity index (χ3v) is 3.71. The molecule has 5 heteroatoms. The zero-order valence-electron chi connectivity index (χ0n) is 9.35. The van der Waals surface area contributed by atoms with E-state index in [2.05, 4.69) is 11.9 Å². The second-order valence-electron chi connectivity index (χ2n) is 4.12. The van der Waals surface area contributed by atoms with Gasteiger partial charge >= 0.3 is 5.97 Å². The summed E-state index contributed by atoms with van der Waals surface area (Å²) < 4.78 is 0. The fourth-order valence-corrected chi connectivity index (χ4v) is 2.46. The molecule has 1 aliphatic carbocycles. The molecule has 0 radical (unpaired) electrons. The average molecular weight is 240 g/mol. The van der Waals surface area contributed by atoms with Gasteiger partial charge in [0.05, 0.1) is 17.2 Å². The molecule has 4 nitrogen and oxygen atoms in total. The fourth-order valence-electron chi connectivity index (χ4n) is 1.72. The molecule has 0 aromatic carbocycles. The third-order valence-electron chi connectivity index (χ3n) is 2.67. The van der Waals surface area contributed by atoms with E-state index in [-0.39, 0.29) is 6.54 Å². The van der Waals surface area contributed by atoms with Gasteiger partial charge in [0.15, 0.2) is 0 Å². The van der Waals surface area contributed by atoms with E-state index in [1.165, 1.54) is 0 Å². The molecule has 1 aliphatic rings. The zero-order chi connectivity index (χ0) is 11.5. The highest BCUT2D eigenvalue weighted by molar-refractivity contribution is 7.09. The maximum atomic E-state index is 10.7. The number of aryl methyl sites for hydroxylation is 1. The van der Waals surface area contributed by atoms with Crippen molar-refractivity contribution in [2.45, 2.75) is 38.8 Å². The van der Waals surface area contributed by atoms with Crippen molar-refractivity contribution in [2.24, 2.45) is 0 Å². The molecule has 1 heterocycles. The molecule has 1 aromatic rings. The van der Waals surface area contributed by atoms with Crippen molar-refractivity contribution in [2.75, 3.05) is 6.54 Å². The van der Waals surface area contributed by atoms with Gasteiger partial charge in [-0.3, -0.25) is 9.69 Å². The number of nitrogens with zero attached hydrogens (tertiary/aromatic N) is 2. The lowest BCUT2D eigenvalue weighted by molar-refractivity contribution is -0.138. The molecule has 0 atom stereocenters. The third kappa shape index (κ3) is 3.02. The van der Waals surface area contributed by atoms with E-state index in [0.29, 0.717) is 12.6 Å². The van der Waals surface area contributed by atoms with Gasteiger partial charge in [-0.05, 0) is 19.3 Å². The second kappa shape index (κ2) is 4.93. The van der Waals surface area contributed by atoms with Crippen molar-refractivity contribution in [1.29, 1.82) is 0 Å². The minimum atomic E-state index is -0.752. The van der Waals surface area contributed by atoms with Crippen LogP contribution in [0.3, 0.4) is 0 Å². The Labute approximate surface area is 98.9 Å². The summed E-state index contributed by atoms with van der Waals surface area (Å²) in [6, 6.07) is 0.461. The molecule has 1 fully saturated rings. The molecule has 1 aromatic heterocycles. The summed E-state index contributed by atoms with van der Waals surface area (Å²) in [5.41, 5.74) is 1.01. The van der Waals surface area contributed by atoms with Crippen molar-refractivity contribution in [1.82, 2.24) is 9.88 Å². The van der Waals surface area contributed by atoms with E-state index in [1.807, 2.05) is 10.3 Å². The zero-order valence-corrected chi connectivity index (χ0v) is 10.2. The average Bonchev–Trinajstić information content (AvgIpc) is 2.98.